The van der Waals surface area contributed by atoms with Crippen molar-refractivity contribution in [3.05, 3.63) is 28.0 Å². The minimum Gasteiger partial charge on any atom is -0.506 e. The van der Waals surface area contributed by atoms with Gasteiger partial charge in [0.2, 0.25) is 0 Å². The number of phenols is 1. The van der Waals surface area contributed by atoms with Gasteiger partial charge in [-0.2, -0.15) is 0 Å². The largest absolute Gasteiger partial charge is 0.506 e. The predicted octanol–water partition coefficient (Wildman–Crippen LogP) is 3.76. The van der Waals surface area contributed by atoms with Crippen LogP contribution in [0.5, 0.6) is 5.75 Å². The molecule has 1 aromatic carbocycles. The molecule has 1 aromatic rings. The molecule has 0 unspecified atom stereocenters. The molecule has 0 saturated heterocycles. The highest BCUT2D eigenvalue weighted by Gasteiger charge is 2.16. The number of phenolic OH excluding ortho intramolecular Hbond substituents is 1. The van der Waals surface area contributed by atoms with Crippen molar-refractivity contribution in [3.63, 3.8) is 0 Å². The van der Waals surface area contributed by atoms with E-state index in [4.69, 9.17) is 5.73 Å². The Balaban J connectivity index is 0.00000225. The van der Waals surface area contributed by atoms with E-state index in [2.05, 4.69) is 29.8 Å². The summed E-state index contributed by atoms with van der Waals surface area (Å²) >= 11 is 2.98. The minimum absolute atomic E-state index is 0. The minimum atomic E-state index is -0.479. The fraction of sp³-hybridized carbons (Fsp3) is 0.455. The molecule has 0 amide bonds. The molecule has 16 heavy (non-hydrogen) atoms. The Hall–Kier alpha value is -0.320. The van der Waals surface area contributed by atoms with Crippen LogP contribution >= 0.6 is 28.3 Å². The molecule has 2 nitrogen and oxygen atoms in total. The molecule has 0 spiro atoms. The quantitative estimate of drug-likeness (QED) is 0.892. The van der Waals surface area contributed by atoms with Crippen LogP contribution in [0, 0.1) is 11.7 Å². The van der Waals surface area contributed by atoms with Crippen LogP contribution in [0.2, 0.25) is 0 Å². The van der Waals surface area contributed by atoms with Crippen LogP contribution in [0.15, 0.2) is 16.6 Å². The van der Waals surface area contributed by atoms with E-state index in [-0.39, 0.29) is 28.7 Å². The third-order valence-corrected chi connectivity index (χ3v) is 2.98. The summed E-state index contributed by atoms with van der Waals surface area (Å²) in [6.07, 6.45) is 0.756. The van der Waals surface area contributed by atoms with Crippen LogP contribution in [0.4, 0.5) is 4.39 Å². The smallest absolute Gasteiger partial charge is 0.141 e. The normalized spacial score (nSPS) is 12.4. The standard InChI is InChI=1S/C11H15BrFNO.ClH/c1-6(2)5-9(14)7-3-4-8(13)10(12)11(7)15;/h3-4,6,9,15H,5,14H2,1-2H3;1H/t9-;/m1./s1. The topological polar surface area (TPSA) is 46.2 Å². The van der Waals surface area contributed by atoms with Crippen molar-refractivity contribution in [2.24, 2.45) is 11.7 Å². The zero-order valence-electron chi connectivity index (χ0n) is 9.21. The highest BCUT2D eigenvalue weighted by atomic mass is 79.9. The number of benzene rings is 1. The van der Waals surface area contributed by atoms with Crippen molar-refractivity contribution >= 4 is 28.3 Å². The molecular formula is C11H16BrClFNO. The average Bonchev–Trinajstić information content (AvgIpc) is 2.13. The lowest BCUT2D eigenvalue weighted by Crippen LogP contribution is -2.13. The monoisotopic (exact) mass is 311 g/mol. The van der Waals surface area contributed by atoms with Gasteiger partial charge in [-0.05, 0) is 34.3 Å². The second kappa shape index (κ2) is 6.42. The van der Waals surface area contributed by atoms with E-state index >= 15 is 0 Å². The van der Waals surface area contributed by atoms with Crippen molar-refractivity contribution < 1.29 is 9.50 Å². The lowest BCUT2D eigenvalue weighted by atomic mass is 9.97. The Morgan fingerprint density at radius 1 is 1.44 bits per heavy atom. The molecule has 0 radical (unpaired) electrons. The van der Waals surface area contributed by atoms with Gasteiger partial charge in [-0.15, -0.1) is 12.4 Å². The third kappa shape index (κ3) is 3.61. The van der Waals surface area contributed by atoms with E-state index < -0.39 is 5.82 Å². The van der Waals surface area contributed by atoms with E-state index in [1.54, 1.807) is 0 Å². The van der Waals surface area contributed by atoms with Crippen LogP contribution < -0.4 is 5.73 Å². The van der Waals surface area contributed by atoms with Gasteiger partial charge in [0.25, 0.3) is 0 Å². The highest BCUT2D eigenvalue weighted by molar-refractivity contribution is 9.10. The molecule has 0 aromatic heterocycles. The van der Waals surface area contributed by atoms with Crippen LogP contribution in [-0.4, -0.2) is 5.11 Å². The van der Waals surface area contributed by atoms with Gasteiger partial charge in [0.15, 0.2) is 0 Å². The fourth-order valence-corrected chi connectivity index (χ4v) is 1.85. The highest BCUT2D eigenvalue weighted by Crippen LogP contribution is 2.34. The number of nitrogens with two attached hydrogens (primary N) is 1. The first-order valence-corrected chi connectivity index (χ1v) is 5.65. The van der Waals surface area contributed by atoms with Crippen molar-refractivity contribution in [1.82, 2.24) is 0 Å². The van der Waals surface area contributed by atoms with Crippen LogP contribution in [0.25, 0.3) is 0 Å². The maximum Gasteiger partial charge on any atom is 0.141 e. The van der Waals surface area contributed by atoms with Gasteiger partial charge >= 0.3 is 0 Å². The van der Waals surface area contributed by atoms with Crippen molar-refractivity contribution in [1.29, 1.82) is 0 Å². The number of hydrogen-bond acceptors (Lipinski definition) is 2. The molecule has 0 fully saturated rings. The van der Waals surface area contributed by atoms with Gasteiger partial charge in [-0.1, -0.05) is 19.9 Å². The maximum atomic E-state index is 13.0. The van der Waals surface area contributed by atoms with E-state index in [9.17, 15) is 9.50 Å². The first-order valence-electron chi connectivity index (χ1n) is 4.86. The van der Waals surface area contributed by atoms with Gasteiger partial charge in [0.05, 0.1) is 4.47 Å². The van der Waals surface area contributed by atoms with Gasteiger partial charge in [0, 0.05) is 11.6 Å². The Morgan fingerprint density at radius 3 is 2.50 bits per heavy atom. The van der Waals surface area contributed by atoms with E-state index in [0.29, 0.717) is 11.5 Å². The summed E-state index contributed by atoms with van der Waals surface area (Å²) < 4.78 is 13.1. The molecule has 92 valence electrons. The van der Waals surface area contributed by atoms with Crippen molar-refractivity contribution in [3.8, 4) is 5.75 Å². The van der Waals surface area contributed by atoms with Gasteiger partial charge in [-0.25, -0.2) is 4.39 Å². The summed E-state index contributed by atoms with van der Waals surface area (Å²) in [6.45, 7) is 4.10. The molecule has 0 aliphatic heterocycles. The van der Waals surface area contributed by atoms with Crippen molar-refractivity contribution in [2.75, 3.05) is 0 Å². The summed E-state index contributed by atoms with van der Waals surface area (Å²) in [7, 11) is 0. The molecule has 0 saturated carbocycles. The molecule has 3 N–H and O–H groups in total. The van der Waals surface area contributed by atoms with E-state index in [0.717, 1.165) is 6.42 Å². The maximum absolute atomic E-state index is 13.0. The SMILES string of the molecule is CC(C)C[C@@H](N)c1ccc(F)c(Br)c1O.Cl. The molecule has 0 aliphatic carbocycles. The zero-order valence-corrected chi connectivity index (χ0v) is 11.6. The second-order valence-electron chi connectivity index (χ2n) is 4.04. The summed E-state index contributed by atoms with van der Waals surface area (Å²) in [5, 5.41) is 9.69. The van der Waals surface area contributed by atoms with Crippen LogP contribution in [0.1, 0.15) is 31.9 Å². The van der Waals surface area contributed by atoms with Gasteiger partial charge < -0.3 is 10.8 Å². The Kier molecular flexibility index (Phi) is 6.30. The number of aromatic hydroxyl groups is 1. The summed E-state index contributed by atoms with van der Waals surface area (Å²) in [5.41, 5.74) is 6.49. The third-order valence-electron chi connectivity index (χ3n) is 2.23. The molecule has 1 rings (SSSR count). The van der Waals surface area contributed by atoms with Crippen molar-refractivity contribution in [2.45, 2.75) is 26.3 Å². The predicted molar refractivity (Wildman–Crippen MR) is 69.4 cm³/mol. The number of hydrogen-bond donors (Lipinski definition) is 2. The van der Waals surface area contributed by atoms with Crippen LogP contribution in [0.3, 0.4) is 0 Å². The molecule has 0 heterocycles. The Morgan fingerprint density at radius 2 is 2.00 bits per heavy atom. The molecular weight excluding hydrogens is 296 g/mol. The lowest BCUT2D eigenvalue weighted by molar-refractivity contribution is 0.436. The summed E-state index contributed by atoms with van der Waals surface area (Å²) in [6, 6.07) is 2.57. The summed E-state index contributed by atoms with van der Waals surface area (Å²) in [5.74, 6) is -0.139. The Labute approximate surface area is 110 Å². The molecule has 1 atom stereocenters. The first-order chi connectivity index (χ1) is 6.93. The Bertz CT molecular complexity index is 360. The molecule has 5 heteroatoms. The average molecular weight is 313 g/mol. The van der Waals surface area contributed by atoms with Crippen LogP contribution in [-0.2, 0) is 0 Å². The number of halogens is 3. The second-order valence-corrected chi connectivity index (χ2v) is 4.83. The fourth-order valence-electron chi connectivity index (χ4n) is 1.49. The zero-order chi connectivity index (χ0) is 11.6. The van der Waals surface area contributed by atoms with E-state index in [1.165, 1.54) is 12.1 Å². The van der Waals surface area contributed by atoms with Gasteiger partial charge in [0.1, 0.15) is 11.6 Å². The lowest BCUT2D eigenvalue weighted by Gasteiger charge is -2.16. The first kappa shape index (κ1) is 15.7. The molecule has 0 bridgehead atoms. The summed E-state index contributed by atoms with van der Waals surface area (Å²) in [4.78, 5) is 0. The van der Waals surface area contributed by atoms with Gasteiger partial charge in [-0.3, -0.25) is 0 Å². The number of rotatable bonds is 3. The molecule has 0 aliphatic rings. The van der Waals surface area contributed by atoms with E-state index in [1.807, 2.05) is 0 Å².